The van der Waals surface area contributed by atoms with E-state index in [2.05, 4.69) is 10.2 Å². The van der Waals surface area contributed by atoms with E-state index in [0.717, 1.165) is 22.4 Å². The molecule has 9 heteroatoms. The molecule has 2 aliphatic rings. The molecule has 0 spiro atoms. The lowest BCUT2D eigenvalue weighted by molar-refractivity contribution is -0.144. The van der Waals surface area contributed by atoms with Crippen LogP contribution in [0, 0.1) is 26.6 Å². The Labute approximate surface area is 210 Å². The normalized spacial score (nSPS) is 20.4. The predicted molar refractivity (Wildman–Crippen MR) is 134 cm³/mol. The van der Waals surface area contributed by atoms with Crippen LogP contribution in [0.5, 0.6) is 11.5 Å². The molecule has 36 heavy (non-hydrogen) atoms. The molecule has 2 aliphatic heterocycles. The average molecular weight is 500 g/mol. The number of phenolic OH excluding ortho intramolecular Hbond substituents is 1. The van der Waals surface area contributed by atoms with Gasteiger partial charge in [-0.3, -0.25) is 9.59 Å². The van der Waals surface area contributed by atoms with Crippen molar-refractivity contribution in [2.45, 2.75) is 52.2 Å². The van der Waals surface area contributed by atoms with Gasteiger partial charge >= 0.3 is 0 Å². The molecule has 3 N–H and O–H groups in total. The number of anilines is 1. The van der Waals surface area contributed by atoms with Crippen molar-refractivity contribution in [2.75, 3.05) is 37.7 Å². The number of fused-ring (bicyclic) bond motifs is 1. The first-order valence-corrected chi connectivity index (χ1v) is 12.3. The van der Waals surface area contributed by atoms with E-state index in [1.165, 1.54) is 12.1 Å². The van der Waals surface area contributed by atoms with Gasteiger partial charge in [-0.05, 0) is 75.1 Å². The summed E-state index contributed by atoms with van der Waals surface area (Å²) in [6.07, 6.45) is 0.917. The van der Waals surface area contributed by atoms with E-state index < -0.39 is 24.2 Å². The van der Waals surface area contributed by atoms with E-state index in [0.29, 0.717) is 50.3 Å². The highest BCUT2D eigenvalue weighted by atomic mass is 19.1. The first-order valence-electron chi connectivity index (χ1n) is 12.3. The Kier molecular flexibility index (Phi) is 7.13. The Morgan fingerprint density at radius 3 is 2.33 bits per heavy atom. The fourth-order valence-corrected chi connectivity index (χ4v) is 4.96. The lowest BCUT2D eigenvalue weighted by atomic mass is 9.86. The molecule has 1 saturated heterocycles. The number of aliphatic hydroxyl groups is 1. The molecule has 0 aliphatic carbocycles. The minimum atomic E-state index is -1.22. The maximum atomic E-state index is 13.3. The highest BCUT2D eigenvalue weighted by Gasteiger charge is 2.42. The van der Waals surface area contributed by atoms with Gasteiger partial charge in [-0.15, -0.1) is 0 Å². The molecule has 0 aromatic heterocycles. The van der Waals surface area contributed by atoms with E-state index in [4.69, 9.17) is 4.74 Å². The van der Waals surface area contributed by atoms with E-state index in [9.17, 15) is 24.2 Å². The maximum absolute atomic E-state index is 13.3. The van der Waals surface area contributed by atoms with Gasteiger partial charge in [-0.1, -0.05) is 0 Å². The molecule has 2 heterocycles. The summed E-state index contributed by atoms with van der Waals surface area (Å²) in [5, 5.41) is 23.0. The SMILES string of the molecule is Cc1c(C)c2c(c(C)c1O)CCC(C)(C(=O)NC(CO)C(=O)N1CCN(c3ccc(F)cc3)CC1)O2. The minimum Gasteiger partial charge on any atom is -0.507 e. The van der Waals surface area contributed by atoms with Gasteiger partial charge in [-0.2, -0.15) is 0 Å². The number of nitrogens with one attached hydrogen (secondary N) is 1. The molecule has 4 rings (SSSR count). The average Bonchev–Trinajstić information content (AvgIpc) is 2.89. The topological polar surface area (TPSA) is 102 Å². The molecular weight excluding hydrogens is 465 g/mol. The zero-order chi connectivity index (χ0) is 26.2. The maximum Gasteiger partial charge on any atom is 0.264 e. The van der Waals surface area contributed by atoms with Gasteiger partial charge in [0.05, 0.1) is 6.61 Å². The van der Waals surface area contributed by atoms with Crippen LogP contribution in [0.2, 0.25) is 0 Å². The summed E-state index contributed by atoms with van der Waals surface area (Å²) < 4.78 is 19.4. The molecule has 194 valence electrons. The number of nitrogens with zero attached hydrogens (tertiary/aromatic N) is 2. The number of ether oxygens (including phenoxy) is 1. The van der Waals surface area contributed by atoms with Gasteiger partial charge in [0.25, 0.3) is 5.91 Å². The van der Waals surface area contributed by atoms with E-state index in [1.54, 1.807) is 24.0 Å². The number of phenols is 1. The van der Waals surface area contributed by atoms with Crippen LogP contribution in [-0.2, 0) is 16.0 Å². The van der Waals surface area contributed by atoms with Gasteiger partial charge in [0.2, 0.25) is 5.91 Å². The third kappa shape index (κ3) is 4.72. The van der Waals surface area contributed by atoms with Crippen LogP contribution in [0.15, 0.2) is 24.3 Å². The largest absolute Gasteiger partial charge is 0.507 e. The Bertz CT molecular complexity index is 1160. The first kappa shape index (κ1) is 25.8. The molecule has 2 atom stereocenters. The molecule has 0 saturated carbocycles. The van der Waals surface area contributed by atoms with E-state index >= 15 is 0 Å². The zero-order valence-corrected chi connectivity index (χ0v) is 21.2. The highest BCUT2D eigenvalue weighted by Crippen LogP contribution is 2.43. The predicted octanol–water partition coefficient (Wildman–Crippen LogP) is 2.37. The van der Waals surface area contributed by atoms with Crippen molar-refractivity contribution in [3.63, 3.8) is 0 Å². The second-order valence-electron chi connectivity index (χ2n) is 9.86. The molecule has 0 bridgehead atoms. The summed E-state index contributed by atoms with van der Waals surface area (Å²) in [5.41, 5.74) is 2.78. The summed E-state index contributed by atoms with van der Waals surface area (Å²) >= 11 is 0. The molecule has 2 aromatic rings. The van der Waals surface area contributed by atoms with Crippen molar-refractivity contribution in [1.29, 1.82) is 0 Å². The third-order valence-corrected chi connectivity index (χ3v) is 7.57. The monoisotopic (exact) mass is 499 g/mol. The van der Waals surface area contributed by atoms with Crippen LogP contribution in [0.4, 0.5) is 10.1 Å². The fraction of sp³-hybridized carbons (Fsp3) is 0.481. The molecule has 1 fully saturated rings. The standard InChI is InChI=1S/C27H34FN3O5/c1-16-17(2)24-21(18(3)23(16)33)9-10-27(4,36-24)26(35)29-22(15-32)25(34)31-13-11-30(12-14-31)20-7-5-19(28)6-8-20/h5-8,22,32-33H,9-15H2,1-4H3,(H,29,35). The van der Waals surface area contributed by atoms with E-state index in [1.807, 2.05) is 20.8 Å². The number of rotatable bonds is 5. The number of hydrogen-bond acceptors (Lipinski definition) is 6. The second-order valence-corrected chi connectivity index (χ2v) is 9.86. The molecule has 2 unspecified atom stereocenters. The van der Waals surface area contributed by atoms with E-state index in [-0.39, 0.29) is 17.5 Å². The fourth-order valence-electron chi connectivity index (χ4n) is 4.96. The van der Waals surface area contributed by atoms with Crippen LogP contribution in [0.25, 0.3) is 0 Å². The van der Waals surface area contributed by atoms with Gasteiger partial charge < -0.3 is 30.1 Å². The van der Waals surface area contributed by atoms with Crippen LogP contribution in [-0.4, -0.2) is 71.4 Å². The Morgan fingerprint density at radius 2 is 1.72 bits per heavy atom. The number of benzene rings is 2. The number of hydrogen-bond donors (Lipinski definition) is 3. The summed E-state index contributed by atoms with van der Waals surface area (Å²) in [6.45, 7) is 8.62. The quantitative estimate of drug-likeness (QED) is 0.584. The first-order chi connectivity index (χ1) is 17.1. The summed E-state index contributed by atoms with van der Waals surface area (Å²) in [6, 6.07) is 5.14. The summed E-state index contributed by atoms with van der Waals surface area (Å²) in [4.78, 5) is 30.1. The number of piperazine rings is 1. The van der Waals surface area contributed by atoms with Crippen LogP contribution < -0.4 is 15.0 Å². The summed E-state index contributed by atoms with van der Waals surface area (Å²) in [5.74, 6) is -0.277. The smallest absolute Gasteiger partial charge is 0.264 e. The molecule has 0 radical (unpaired) electrons. The van der Waals surface area contributed by atoms with Crippen molar-refractivity contribution >= 4 is 17.5 Å². The number of aliphatic hydroxyl groups excluding tert-OH is 1. The van der Waals surface area contributed by atoms with Crippen LogP contribution in [0.3, 0.4) is 0 Å². The van der Waals surface area contributed by atoms with Crippen molar-refractivity contribution < 1.29 is 28.9 Å². The van der Waals surface area contributed by atoms with Gasteiger partial charge in [0.1, 0.15) is 23.4 Å². The number of amides is 2. The lowest BCUT2D eigenvalue weighted by Crippen LogP contribution is -2.60. The Morgan fingerprint density at radius 1 is 1.08 bits per heavy atom. The van der Waals surface area contributed by atoms with Crippen molar-refractivity contribution in [2.24, 2.45) is 0 Å². The Hall–Kier alpha value is -3.33. The van der Waals surface area contributed by atoms with Crippen molar-refractivity contribution in [3.8, 4) is 11.5 Å². The highest BCUT2D eigenvalue weighted by molar-refractivity contribution is 5.92. The van der Waals surface area contributed by atoms with Gasteiger partial charge in [0, 0.05) is 43.9 Å². The minimum absolute atomic E-state index is 0.244. The Balaban J connectivity index is 1.41. The van der Waals surface area contributed by atoms with Gasteiger partial charge in [0.15, 0.2) is 5.60 Å². The van der Waals surface area contributed by atoms with Crippen LogP contribution >= 0.6 is 0 Å². The van der Waals surface area contributed by atoms with Crippen molar-refractivity contribution in [3.05, 3.63) is 52.3 Å². The molecular formula is C27H34FN3O5. The molecule has 2 aromatic carbocycles. The lowest BCUT2D eigenvalue weighted by Gasteiger charge is -2.39. The van der Waals surface area contributed by atoms with Gasteiger partial charge in [-0.25, -0.2) is 4.39 Å². The number of halogens is 1. The third-order valence-electron chi connectivity index (χ3n) is 7.57. The number of carbonyl (C=O) groups is 2. The zero-order valence-electron chi connectivity index (χ0n) is 21.2. The number of carbonyl (C=O) groups excluding carboxylic acids is 2. The summed E-state index contributed by atoms with van der Waals surface area (Å²) in [7, 11) is 0. The van der Waals surface area contributed by atoms with Crippen LogP contribution in [0.1, 0.15) is 35.6 Å². The molecule has 2 amide bonds. The molecule has 8 nitrogen and oxygen atoms in total. The van der Waals surface area contributed by atoms with Crippen molar-refractivity contribution in [1.82, 2.24) is 10.2 Å². The number of aromatic hydroxyl groups is 1. The second kappa shape index (κ2) is 9.97.